The van der Waals surface area contributed by atoms with E-state index in [1.54, 1.807) is 0 Å². The van der Waals surface area contributed by atoms with Crippen LogP contribution >= 0.6 is 28.1 Å². The van der Waals surface area contributed by atoms with Crippen LogP contribution in [0.15, 0.2) is 41.1 Å². The minimum absolute atomic E-state index is 0.213. The highest BCUT2D eigenvalue weighted by Gasteiger charge is 2.04. The Kier molecular flexibility index (Phi) is 3.65. The number of rotatable bonds is 3. The number of benzene rings is 1. The molecule has 0 atom stereocenters. The van der Waals surface area contributed by atoms with E-state index >= 15 is 0 Å². The van der Waals surface area contributed by atoms with Gasteiger partial charge in [-0.1, -0.05) is 24.4 Å². The Balaban J connectivity index is 2.20. The maximum absolute atomic E-state index is 5.54. The fraction of sp³-hybridized carbons (Fsp3) is 0. The molecule has 2 aromatic rings. The Labute approximate surface area is 112 Å². The average Bonchev–Trinajstić information content (AvgIpc) is 2.33. The van der Waals surface area contributed by atoms with E-state index in [0.29, 0.717) is 17.3 Å². The summed E-state index contributed by atoms with van der Waals surface area (Å²) in [7, 11) is 0. The molecule has 2 N–H and O–H groups in total. The third-order valence-corrected chi connectivity index (χ3v) is 2.80. The first-order chi connectivity index (χ1) is 8.16. The summed E-state index contributed by atoms with van der Waals surface area (Å²) in [4.78, 5) is 8.31. The summed E-state index contributed by atoms with van der Waals surface area (Å²) < 4.78 is 6.39. The average molecular weight is 310 g/mol. The van der Waals surface area contributed by atoms with E-state index < -0.39 is 0 Å². The second kappa shape index (κ2) is 5.20. The number of ether oxygens (including phenoxy) is 1. The number of nitrogens with zero attached hydrogens (tertiary/aromatic N) is 2. The van der Waals surface area contributed by atoms with Crippen LogP contribution in [0.3, 0.4) is 0 Å². The first-order valence-electron chi connectivity index (χ1n) is 4.71. The van der Waals surface area contributed by atoms with E-state index in [4.69, 9.17) is 22.7 Å². The standard InChI is InChI=1S/C11H8BrN3OS/c12-7-3-1-2-4-9(7)16-10-6-14-8(5-15-10)11(13)17/h1-6H,(H2,13,17). The molecule has 0 saturated heterocycles. The van der Waals surface area contributed by atoms with E-state index in [0.717, 1.165) is 4.47 Å². The summed E-state index contributed by atoms with van der Waals surface area (Å²) in [5.74, 6) is 1.06. The number of para-hydroxylation sites is 1. The minimum atomic E-state index is 0.213. The molecule has 0 aliphatic carbocycles. The number of halogens is 1. The van der Waals surface area contributed by atoms with Gasteiger partial charge in [0.05, 0.1) is 16.9 Å². The molecular weight excluding hydrogens is 302 g/mol. The number of hydrogen-bond acceptors (Lipinski definition) is 4. The van der Waals surface area contributed by atoms with Gasteiger partial charge in [0.25, 0.3) is 0 Å². The molecule has 0 amide bonds. The number of nitrogens with two attached hydrogens (primary N) is 1. The van der Waals surface area contributed by atoms with Gasteiger partial charge in [-0.2, -0.15) is 0 Å². The molecular formula is C11H8BrN3OS. The maximum Gasteiger partial charge on any atom is 0.237 e. The SMILES string of the molecule is NC(=S)c1cnc(Oc2ccccc2Br)cn1. The molecule has 0 unspecified atom stereocenters. The van der Waals surface area contributed by atoms with Crippen LogP contribution in [0.1, 0.15) is 5.69 Å². The van der Waals surface area contributed by atoms with Gasteiger partial charge in [-0.15, -0.1) is 0 Å². The van der Waals surface area contributed by atoms with Crippen LogP contribution in [0.25, 0.3) is 0 Å². The summed E-state index contributed by atoms with van der Waals surface area (Å²) in [6.45, 7) is 0. The lowest BCUT2D eigenvalue weighted by Gasteiger charge is -2.06. The van der Waals surface area contributed by atoms with E-state index in [9.17, 15) is 0 Å². The molecule has 0 aliphatic heterocycles. The fourth-order valence-electron chi connectivity index (χ4n) is 1.14. The van der Waals surface area contributed by atoms with Crippen molar-refractivity contribution in [2.24, 2.45) is 5.73 Å². The van der Waals surface area contributed by atoms with Gasteiger partial charge in [0.2, 0.25) is 5.88 Å². The highest BCUT2D eigenvalue weighted by molar-refractivity contribution is 9.10. The van der Waals surface area contributed by atoms with Crippen LogP contribution < -0.4 is 10.5 Å². The molecule has 0 aliphatic rings. The molecule has 1 aromatic carbocycles. The highest BCUT2D eigenvalue weighted by atomic mass is 79.9. The summed E-state index contributed by atoms with van der Waals surface area (Å²) in [6.07, 6.45) is 2.96. The molecule has 4 nitrogen and oxygen atoms in total. The third kappa shape index (κ3) is 2.98. The third-order valence-electron chi connectivity index (χ3n) is 1.93. The van der Waals surface area contributed by atoms with E-state index in [1.165, 1.54) is 12.4 Å². The minimum Gasteiger partial charge on any atom is -0.436 e. The Bertz CT molecular complexity index is 545. The van der Waals surface area contributed by atoms with E-state index in [2.05, 4.69) is 25.9 Å². The Morgan fingerprint density at radius 3 is 2.59 bits per heavy atom. The largest absolute Gasteiger partial charge is 0.436 e. The van der Waals surface area contributed by atoms with Crippen molar-refractivity contribution >= 4 is 33.1 Å². The monoisotopic (exact) mass is 309 g/mol. The molecule has 0 fully saturated rings. The molecule has 2 rings (SSSR count). The van der Waals surface area contributed by atoms with Crippen molar-refractivity contribution < 1.29 is 4.74 Å². The predicted molar refractivity (Wildman–Crippen MR) is 72.1 cm³/mol. The van der Waals surface area contributed by atoms with Crippen molar-refractivity contribution in [2.75, 3.05) is 0 Å². The second-order valence-corrected chi connectivity index (χ2v) is 4.43. The maximum atomic E-state index is 5.54. The zero-order chi connectivity index (χ0) is 12.3. The van der Waals surface area contributed by atoms with Crippen LogP contribution in [-0.2, 0) is 0 Å². The van der Waals surface area contributed by atoms with Crippen molar-refractivity contribution in [3.8, 4) is 11.6 Å². The quantitative estimate of drug-likeness (QED) is 0.883. The molecule has 1 heterocycles. The Hall–Kier alpha value is -1.53. The lowest BCUT2D eigenvalue weighted by molar-refractivity contribution is 0.457. The first-order valence-corrected chi connectivity index (χ1v) is 5.91. The van der Waals surface area contributed by atoms with Gasteiger partial charge in [0, 0.05) is 0 Å². The lowest BCUT2D eigenvalue weighted by atomic mass is 10.3. The molecule has 0 spiro atoms. The molecule has 86 valence electrons. The van der Waals surface area contributed by atoms with Gasteiger partial charge in [0.1, 0.15) is 16.4 Å². The summed E-state index contributed by atoms with van der Waals surface area (Å²) >= 11 is 8.16. The van der Waals surface area contributed by atoms with Crippen molar-refractivity contribution in [2.45, 2.75) is 0 Å². The molecule has 1 aromatic heterocycles. The molecule has 0 saturated carbocycles. The van der Waals surface area contributed by atoms with Gasteiger partial charge in [-0.25, -0.2) is 9.97 Å². The highest BCUT2D eigenvalue weighted by Crippen LogP contribution is 2.27. The molecule has 0 radical (unpaired) electrons. The van der Waals surface area contributed by atoms with Crippen molar-refractivity contribution in [3.63, 3.8) is 0 Å². The topological polar surface area (TPSA) is 61.0 Å². The normalized spacial score (nSPS) is 9.94. The van der Waals surface area contributed by atoms with Crippen LogP contribution in [-0.4, -0.2) is 15.0 Å². The van der Waals surface area contributed by atoms with Crippen molar-refractivity contribution in [1.29, 1.82) is 0 Å². The predicted octanol–water partition coefficient (Wildman–Crippen LogP) is 2.67. The van der Waals surface area contributed by atoms with Crippen LogP contribution in [0, 0.1) is 0 Å². The zero-order valence-electron chi connectivity index (χ0n) is 8.63. The lowest BCUT2D eigenvalue weighted by Crippen LogP contribution is -2.11. The van der Waals surface area contributed by atoms with Gasteiger partial charge in [0.15, 0.2) is 0 Å². The van der Waals surface area contributed by atoms with Crippen LogP contribution in [0.5, 0.6) is 11.6 Å². The van der Waals surface area contributed by atoms with E-state index in [-0.39, 0.29) is 4.99 Å². The van der Waals surface area contributed by atoms with Gasteiger partial charge in [-0.3, -0.25) is 0 Å². The Morgan fingerprint density at radius 2 is 2.00 bits per heavy atom. The fourth-order valence-corrected chi connectivity index (χ4v) is 1.61. The number of thiocarbonyl (C=S) groups is 1. The van der Waals surface area contributed by atoms with Crippen LogP contribution in [0.4, 0.5) is 0 Å². The first kappa shape index (κ1) is 11.9. The van der Waals surface area contributed by atoms with Gasteiger partial charge >= 0.3 is 0 Å². The molecule has 0 bridgehead atoms. The van der Waals surface area contributed by atoms with E-state index in [1.807, 2.05) is 24.3 Å². The summed E-state index contributed by atoms with van der Waals surface area (Å²) in [5, 5.41) is 0. The second-order valence-electron chi connectivity index (χ2n) is 3.14. The summed E-state index contributed by atoms with van der Waals surface area (Å²) in [5.41, 5.74) is 5.89. The smallest absolute Gasteiger partial charge is 0.237 e. The molecule has 17 heavy (non-hydrogen) atoms. The van der Waals surface area contributed by atoms with Crippen molar-refractivity contribution in [1.82, 2.24) is 9.97 Å². The van der Waals surface area contributed by atoms with Crippen molar-refractivity contribution in [3.05, 3.63) is 46.8 Å². The summed E-state index contributed by atoms with van der Waals surface area (Å²) in [6, 6.07) is 7.48. The Morgan fingerprint density at radius 1 is 1.24 bits per heavy atom. The number of hydrogen-bond donors (Lipinski definition) is 1. The molecule has 6 heteroatoms. The van der Waals surface area contributed by atoms with Crippen LogP contribution in [0.2, 0.25) is 0 Å². The zero-order valence-corrected chi connectivity index (χ0v) is 11.0. The van der Waals surface area contributed by atoms with Gasteiger partial charge in [-0.05, 0) is 28.1 Å². The number of aromatic nitrogens is 2. The van der Waals surface area contributed by atoms with Gasteiger partial charge < -0.3 is 10.5 Å².